The molecular formula is C11H15NO3S2. The van der Waals surface area contributed by atoms with Crippen LogP contribution in [-0.4, -0.2) is 38.1 Å². The van der Waals surface area contributed by atoms with Gasteiger partial charge < -0.3 is 4.90 Å². The van der Waals surface area contributed by atoms with Gasteiger partial charge in [-0.15, -0.1) is 11.3 Å². The molecule has 1 aromatic rings. The van der Waals surface area contributed by atoms with Crippen LogP contribution in [0.1, 0.15) is 23.5 Å². The monoisotopic (exact) mass is 273 g/mol. The maximum atomic E-state index is 12.1. The van der Waals surface area contributed by atoms with Crippen LogP contribution < -0.4 is 0 Å². The van der Waals surface area contributed by atoms with E-state index < -0.39 is 15.1 Å². The summed E-state index contributed by atoms with van der Waals surface area (Å²) in [4.78, 5) is 13.8. The lowest BCUT2D eigenvalue weighted by Gasteiger charge is -2.17. The van der Waals surface area contributed by atoms with Gasteiger partial charge in [0.1, 0.15) is 0 Å². The van der Waals surface area contributed by atoms with Crippen molar-refractivity contribution in [1.82, 2.24) is 4.90 Å². The molecule has 2 heterocycles. The maximum Gasteiger partial charge on any atom is 0.219 e. The van der Waals surface area contributed by atoms with Gasteiger partial charge in [0.25, 0.3) is 0 Å². The molecule has 1 aromatic heterocycles. The predicted octanol–water partition coefficient (Wildman–Crippen LogP) is 1.46. The molecule has 0 bridgehead atoms. The second kappa shape index (κ2) is 4.78. The zero-order valence-corrected chi connectivity index (χ0v) is 11.3. The second-order valence-corrected chi connectivity index (χ2v) is 7.45. The smallest absolute Gasteiger partial charge is 0.219 e. The zero-order chi connectivity index (χ0) is 12.5. The highest BCUT2D eigenvalue weighted by atomic mass is 32.2. The minimum atomic E-state index is -3.13. The first-order valence-electron chi connectivity index (χ1n) is 5.51. The van der Waals surface area contributed by atoms with E-state index >= 15 is 0 Å². The van der Waals surface area contributed by atoms with Gasteiger partial charge in [-0.05, 0) is 17.9 Å². The van der Waals surface area contributed by atoms with Gasteiger partial charge in [-0.25, -0.2) is 8.42 Å². The average molecular weight is 273 g/mol. The van der Waals surface area contributed by atoms with Crippen molar-refractivity contribution in [2.75, 3.05) is 18.8 Å². The molecule has 1 fully saturated rings. The van der Waals surface area contributed by atoms with E-state index in [1.807, 2.05) is 17.5 Å². The highest BCUT2D eigenvalue weighted by Gasteiger charge is 2.32. The Hall–Kier alpha value is -0.880. The van der Waals surface area contributed by atoms with Crippen molar-refractivity contribution < 1.29 is 13.2 Å². The molecule has 1 atom stereocenters. The number of nitrogens with zero attached hydrogens (tertiary/aromatic N) is 1. The highest BCUT2D eigenvalue weighted by Crippen LogP contribution is 2.32. The molecule has 1 unspecified atom stereocenters. The molecule has 0 N–H and O–H groups in total. The van der Waals surface area contributed by atoms with E-state index in [4.69, 9.17) is 0 Å². The van der Waals surface area contributed by atoms with Crippen LogP contribution in [0.5, 0.6) is 0 Å². The molecule has 0 saturated carbocycles. The normalized spacial score (nSPS) is 24.3. The first-order valence-corrected chi connectivity index (χ1v) is 8.11. The summed E-state index contributed by atoms with van der Waals surface area (Å²) in [7, 11) is -3.13. The third kappa shape index (κ3) is 2.69. The number of hydrogen-bond acceptors (Lipinski definition) is 4. The molecule has 0 radical (unpaired) electrons. The van der Waals surface area contributed by atoms with Crippen molar-refractivity contribution in [2.24, 2.45) is 0 Å². The van der Waals surface area contributed by atoms with Gasteiger partial charge in [-0.2, -0.15) is 0 Å². The van der Waals surface area contributed by atoms with Crippen LogP contribution in [0.15, 0.2) is 17.5 Å². The minimum absolute atomic E-state index is 0.0490. The molecule has 1 aliphatic heterocycles. The van der Waals surface area contributed by atoms with Crippen molar-refractivity contribution in [2.45, 2.75) is 18.6 Å². The lowest BCUT2D eigenvalue weighted by atomic mass is 10.2. The molecule has 6 heteroatoms. The Morgan fingerprint density at radius 1 is 1.47 bits per heavy atom. The van der Waals surface area contributed by atoms with Crippen LogP contribution in [-0.2, 0) is 14.6 Å². The van der Waals surface area contributed by atoms with Crippen LogP contribution >= 0.6 is 11.3 Å². The van der Waals surface area contributed by atoms with E-state index in [1.54, 1.807) is 4.90 Å². The molecule has 0 spiro atoms. The fourth-order valence-electron chi connectivity index (χ4n) is 2.05. The minimum Gasteiger partial charge on any atom is -0.342 e. The van der Waals surface area contributed by atoms with E-state index in [-0.39, 0.29) is 11.7 Å². The van der Waals surface area contributed by atoms with Crippen LogP contribution in [0.2, 0.25) is 0 Å². The summed E-state index contributed by atoms with van der Waals surface area (Å²) in [6.07, 6.45) is 0.502. The summed E-state index contributed by atoms with van der Waals surface area (Å²) in [5.74, 6) is 0.0156. The molecule has 1 saturated heterocycles. The van der Waals surface area contributed by atoms with E-state index in [0.29, 0.717) is 19.5 Å². The van der Waals surface area contributed by atoms with Crippen LogP contribution in [0.25, 0.3) is 0 Å². The van der Waals surface area contributed by atoms with E-state index in [9.17, 15) is 13.2 Å². The first kappa shape index (κ1) is 12.6. The van der Waals surface area contributed by atoms with E-state index in [2.05, 4.69) is 0 Å². The summed E-state index contributed by atoms with van der Waals surface area (Å²) < 4.78 is 24.3. The summed E-state index contributed by atoms with van der Waals surface area (Å²) in [5.41, 5.74) is 0. The van der Waals surface area contributed by atoms with Crippen LogP contribution in [0.3, 0.4) is 0 Å². The first-order chi connectivity index (χ1) is 8.00. The average Bonchev–Trinajstić information content (AvgIpc) is 2.70. The Labute approximate surface area is 105 Å². The second-order valence-electron chi connectivity index (χ2n) is 4.17. The molecule has 2 rings (SSSR count). The van der Waals surface area contributed by atoms with Crippen LogP contribution in [0.4, 0.5) is 0 Å². The Kier molecular flexibility index (Phi) is 3.53. The topological polar surface area (TPSA) is 54.5 Å². The fourth-order valence-corrected chi connectivity index (χ4v) is 5.06. The number of amides is 1. The lowest BCUT2D eigenvalue weighted by molar-refractivity contribution is -0.128. The van der Waals surface area contributed by atoms with Gasteiger partial charge in [0, 0.05) is 24.9 Å². The lowest BCUT2D eigenvalue weighted by Crippen LogP contribution is -2.31. The van der Waals surface area contributed by atoms with Crippen LogP contribution in [0, 0.1) is 0 Å². The third-order valence-electron chi connectivity index (χ3n) is 3.05. The van der Waals surface area contributed by atoms with Gasteiger partial charge in [-0.3, -0.25) is 4.79 Å². The molecule has 94 valence electrons. The Bertz CT molecular complexity index is 493. The fraction of sp³-hybridized carbons (Fsp3) is 0.545. The highest BCUT2D eigenvalue weighted by molar-refractivity contribution is 7.91. The molecule has 1 amide bonds. The van der Waals surface area contributed by atoms with Gasteiger partial charge in [0.15, 0.2) is 9.84 Å². The standard InChI is InChI=1S/C11H15NO3S2/c1-9(13)12-5-4-11(10-3-2-7-16-10)17(14,15)8-6-12/h2-3,7,11H,4-6,8H2,1H3. The summed E-state index contributed by atoms with van der Waals surface area (Å²) in [5, 5.41) is 1.45. The van der Waals surface area contributed by atoms with Gasteiger partial charge in [0.2, 0.25) is 5.91 Å². The van der Waals surface area contributed by atoms with Crippen molar-refractivity contribution in [1.29, 1.82) is 0 Å². The largest absolute Gasteiger partial charge is 0.342 e. The van der Waals surface area contributed by atoms with Gasteiger partial charge >= 0.3 is 0 Å². The maximum absolute atomic E-state index is 12.1. The number of thiophene rings is 1. The van der Waals surface area contributed by atoms with Crippen molar-refractivity contribution >= 4 is 27.1 Å². The van der Waals surface area contributed by atoms with E-state index in [0.717, 1.165) is 4.88 Å². The molecule has 0 aromatic carbocycles. The number of rotatable bonds is 1. The SMILES string of the molecule is CC(=O)N1CCC(c2cccs2)S(=O)(=O)CC1. The third-order valence-corrected chi connectivity index (χ3v) is 6.29. The van der Waals surface area contributed by atoms with Crippen molar-refractivity contribution in [3.05, 3.63) is 22.4 Å². The number of carbonyl (C=O) groups excluding carboxylic acids is 1. The predicted molar refractivity (Wildman–Crippen MR) is 67.7 cm³/mol. The van der Waals surface area contributed by atoms with Gasteiger partial charge in [-0.1, -0.05) is 6.07 Å². The Morgan fingerprint density at radius 3 is 2.82 bits per heavy atom. The van der Waals surface area contributed by atoms with Gasteiger partial charge in [0.05, 0.1) is 11.0 Å². The van der Waals surface area contributed by atoms with E-state index in [1.165, 1.54) is 18.3 Å². The molecular weight excluding hydrogens is 258 g/mol. The Morgan fingerprint density at radius 2 is 2.24 bits per heavy atom. The molecule has 1 aliphatic rings. The number of sulfone groups is 1. The summed E-state index contributed by atoms with van der Waals surface area (Å²) in [6.45, 7) is 2.33. The zero-order valence-electron chi connectivity index (χ0n) is 9.63. The Balaban J connectivity index is 2.25. The molecule has 4 nitrogen and oxygen atoms in total. The van der Waals surface area contributed by atoms with Crippen molar-refractivity contribution in [3.8, 4) is 0 Å². The summed E-state index contributed by atoms with van der Waals surface area (Å²) >= 11 is 1.47. The quantitative estimate of drug-likeness (QED) is 0.778. The summed E-state index contributed by atoms with van der Waals surface area (Å²) in [6, 6.07) is 3.72. The molecule has 17 heavy (non-hydrogen) atoms. The number of hydrogen-bond donors (Lipinski definition) is 0. The number of carbonyl (C=O) groups is 1. The van der Waals surface area contributed by atoms with Crippen molar-refractivity contribution in [3.63, 3.8) is 0 Å². The molecule has 0 aliphatic carbocycles.